The molecule has 1 aromatic carbocycles. The Balaban J connectivity index is 2.28. The van der Waals surface area contributed by atoms with E-state index < -0.39 is 0 Å². The Kier molecular flexibility index (Phi) is 2.92. The Morgan fingerprint density at radius 3 is 2.81 bits per heavy atom. The van der Waals surface area contributed by atoms with E-state index in [0.29, 0.717) is 11.3 Å². The van der Waals surface area contributed by atoms with Gasteiger partial charge < -0.3 is 11.1 Å². The lowest BCUT2D eigenvalue weighted by molar-refractivity contribution is 0.102. The Morgan fingerprint density at radius 1 is 1.38 bits per heavy atom. The van der Waals surface area contributed by atoms with Crippen molar-refractivity contribution >= 4 is 28.6 Å². The van der Waals surface area contributed by atoms with Gasteiger partial charge in [0.15, 0.2) is 0 Å². The fourth-order valence-electron chi connectivity index (χ4n) is 1.53. The van der Waals surface area contributed by atoms with Crippen LogP contribution in [-0.2, 0) is 0 Å². The van der Waals surface area contributed by atoms with Crippen LogP contribution in [0.4, 0.5) is 11.4 Å². The van der Waals surface area contributed by atoms with E-state index in [1.54, 1.807) is 6.07 Å². The summed E-state index contributed by atoms with van der Waals surface area (Å²) in [4.78, 5) is 12.0. The summed E-state index contributed by atoms with van der Waals surface area (Å²) in [6, 6.07) is 7.30. The Morgan fingerprint density at radius 2 is 2.19 bits per heavy atom. The average molecular weight is 232 g/mol. The third-order valence-electron chi connectivity index (χ3n) is 2.31. The predicted molar refractivity (Wildman–Crippen MR) is 67.9 cm³/mol. The first-order chi connectivity index (χ1) is 7.68. The number of hydrogen-bond donors (Lipinski definition) is 2. The summed E-state index contributed by atoms with van der Waals surface area (Å²) >= 11 is 1.54. The number of carbonyl (C=O) groups is 1. The first-order valence-corrected chi connectivity index (χ1v) is 5.81. The summed E-state index contributed by atoms with van der Waals surface area (Å²) in [7, 11) is 0. The molecular formula is C12H12N2OS. The van der Waals surface area contributed by atoms with Crippen LogP contribution in [0, 0.1) is 6.92 Å². The maximum absolute atomic E-state index is 12.0. The zero-order chi connectivity index (χ0) is 11.5. The van der Waals surface area contributed by atoms with Crippen LogP contribution in [0.3, 0.4) is 0 Å². The van der Waals surface area contributed by atoms with Crippen LogP contribution in [0.2, 0.25) is 0 Å². The Labute approximate surface area is 97.9 Å². The molecule has 0 atom stereocenters. The largest absolute Gasteiger partial charge is 0.398 e. The van der Waals surface area contributed by atoms with E-state index >= 15 is 0 Å². The summed E-state index contributed by atoms with van der Waals surface area (Å²) in [6.07, 6.45) is 0. The molecule has 0 bridgehead atoms. The number of nitrogens with two attached hydrogens (primary N) is 1. The van der Waals surface area contributed by atoms with Gasteiger partial charge in [0.1, 0.15) is 0 Å². The monoisotopic (exact) mass is 232 g/mol. The maximum Gasteiger partial charge on any atom is 0.258 e. The van der Waals surface area contributed by atoms with Crippen molar-refractivity contribution in [2.75, 3.05) is 11.1 Å². The fraction of sp³-hybridized carbons (Fsp3) is 0.0833. The van der Waals surface area contributed by atoms with Gasteiger partial charge in [0.05, 0.1) is 11.3 Å². The third kappa shape index (κ3) is 2.06. The Hall–Kier alpha value is -1.81. The lowest BCUT2D eigenvalue weighted by Gasteiger charge is -2.08. The first kappa shape index (κ1) is 10.7. The first-order valence-electron chi connectivity index (χ1n) is 4.87. The molecule has 3 nitrogen and oxygen atoms in total. The maximum atomic E-state index is 12.0. The lowest BCUT2D eigenvalue weighted by atomic mass is 10.1. The normalized spacial score (nSPS) is 10.1. The number of aryl methyl sites for hydroxylation is 1. The van der Waals surface area contributed by atoms with Gasteiger partial charge in [-0.2, -0.15) is 11.3 Å². The number of benzene rings is 1. The molecule has 82 valence electrons. The molecule has 1 heterocycles. The summed E-state index contributed by atoms with van der Waals surface area (Å²) in [5, 5.41) is 6.61. The highest BCUT2D eigenvalue weighted by Gasteiger charge is 2.12. The van der Waals surface area contributed by atoms with Gasteiger partial charge >= 0.3 is 0 Å². The highest BCUT2D eigenvalue weighted by Crippen LogP contribution is 2.19. The quantitative estimate of drug-likeness (QED) is 0.782. The molecule has 0 aliphatic rings. The zero-order valence-corrected chi connectivity index (χ0v) is 9.67. The Bertz CT molecular complexity index is 485. The lowest BCUT2D eigenvalue weighted by Crippen LogP contribution is -2.15. The van der Waals surface area contributed by atoms with E-state index in [1.165, 1.54) is 11.3 Å². The van der Waals surface area contributed by atoms with Gasteiger partial charge in [-0.15, -0.1) is 0 Å². The number of carbonyl (C=O) groups excluding carboxylic acids is 1. The van der Waals surface area contributed by atoms with Crippen LogP contribution < -0.4 is 11.1 Å². The molecule has 2 rings (SSSR count). The second-order valence-corrected chi connectivity index (χ2v) is 4.29. The smallest absolute Gasteiger partial charge is 0.258 e. The number of hydrogen-bond acceptors (Lipinski definition) is 3. The van der Waals surface area contributed by atoms with Crippen LogP contribution in [0.1, 0.15) is 15.9 Å². The van der Waals surface area contributed by atoms with Gasteiger partial charge in [-0.3, -0.25) is 4.79 Å². The highest BCUT2D eigenvalue weighted by molar-refractivity contribution is 7.08. The van der Waals surface area contributed by atoms with E-state index in [-0.39, 0.29) is 5.91 Å². The second-order valence-electron chi connectivity index (χ2n) is 3.51. The van der Waals surface area contributed by atoms with Gasteiger partial charge in [0, 0.05) is 11.1 Å². The molecule has 1 amide bonds. The molecule has 0 fully saturated rings. The topological polar surface area (TPSA) is 55.1 Å². The molecule has 0 aliphatic heterocycles. The van der Waals surface area contributed by atoms with E-state index in [4.69, 9.17) is 5.73 Å². The minimum atomic E-state index is -0.158. The van der Waals surface area contributed by atoms with Crippen LogP contribution in [0.15, 0.2) is 35.0 Å². The molecule has 2 aromatic rings. The molecule has 0 radical (unpaired) electrons. The zero-order valence-electron chi connectivity index (χ0n) is 8.86. The molecule has 0 saturated heterocycles. The number of nitrogens with one attached hydrogen (secondary N) is 1. The number of thiophene rings is 1. The van der Waals surface area contributed by atoms with Crippen molar-refractivity contribution in [3.8, 4) is 0 Å². The third-order valence-corrected chi connectivity index (χ3v) is 2.99. The molecule has 3 N–H and O–H groups in total. The molecule has 0 aliphatic carbocycles. The van der Waals surface area contributed by atoms with Crippen molar-refractivity contribution in [1.29, 1.82) is 0 Å². The van der Waals surface area contributed by atoms with Crippen molar-refractivity contribution in [3.05, 3.63) is 46.2 Å². The number of anilines is 2. The van der Waals surface area contributed by atoms with Crippen molar-refractivity contribution in [1.82, 2.24) is 0 Å². The average Bonchev–Trinajstić information content (AvgIpc) is 2.70. The van der Waals surface area contributed by atoms with E-state index in [9.17, 15) is 4.79 Å². The van der Waals surface area contributed by atoms with Crippen molar-refractivity contribution in [2.45, 2.75) is 6.92 Å². The molecule has 0 spiro atoms. The van der Waals surface area contributed by atoms with Gasteiger partial charge in [-0.25, -0.2) is 0 Å². The standard InChI is InChI=1S/C12H12N2OS/c1-8-3-2-4-10(13)11(8)12(15)14-9-5-6-16-7-9/h2-7H,13H2,1H3,(H,14,15). The molecule has 0 saturated carbocycles. The molecule has 0 unspecified atom stereocenters. The summed E-state index contributed by atoms with van der Waals surface area (Å²) in [6.45, 7) is 1.87. The second kappa shape index (κ2) is 4.37. The molecule has 16 heavy (non-hydrogen) atoms. The van der Waals surface area contributed by atoms with E-state index in [2.05, 4.69) is 5.32 Å². The summed E-state index contributed by atoms with van der Waals surface area (Å²) in [5.74, 6) is -0.158. The van der Waals surface area contributed by atoms with Crippen molar-refractivity contribution < 1.29 is 4.79 Å². The molecular weight excluding hydrogens is 220 g/mol. The van der Waals surface area contributed by atoms with Crippen LogP contribution in [-0.4, -0.2) is 5.91 Å². The minimum Gasteiger partial charge on any atom is -0.398 e. The molecule has 1 aromatic heterocycles. The fourth-order valence-corrected chi connectivity index (χ4v) is 2.12. The van der Waals surface area contributed by atoms with Gasteiger partial charge in [0.2, 0.25) is 0 Å². The van der Waals surface area contributed by atoms with Crippen LogP contribution in [0.25, 0.3) is 0 Å². The number of rotatable bonds is 2. The number of amides is 1. The summed E-state index contributed by atoms with van der Waals surface area (Å²) < 4.78 is 0. The summed E-state index contributed by atoms with van der Waals surface area (Å²) in [5.41, 5.74) is 8.54. The van der Waals surface area contributed by atoms with E-state index in [1.807, 2.05) is 35.9 Å². The van der Waals surface area contributed by atoms with Crippen LogP contribution in [0.5, 0.6) is 0 Å². The van der Waals surface area contributed by atoms with Gasteiger partial charge in [-0.05, 0) is 30.0 Å². The van der Waals surface area contributed by atoms with Crippen molar-refractivity contribution in [3.63, 3.8) is 0 Å². The highest BCUT2D eigenvalue weighted by atomic mass is 32.1. The van der Waals surface area contributed by atoms with Crippen molar-refractivity contribution in [2.24, 2.45) is 0 Å². The van der Waals surface area contributed by atoms with Gasteiger partial charge in [-0.1, -0.05) is 12.1 Å². The predicted octanol–water partition coefficient (Wildman–Crippen LogP) is 2.89. The van der Waals surface area contributed by atoms with Gasteiger partial charge in [0.25, 0.3) is 5.91 Å². The molecule has 4 heteroatoms. The number of nitrogen functional groups attached to an aromatic ring is 1. The van der Waals surface area contributed by atoms with Crippen LogP contribution >= 0.6 is 11.3 Å². The SMILES string of the molecule is Cc1cccc(N)c1C(=O)Nc1ccsc1. The van der Waals surface area contributed by atoms with E-state index in [0.717, 1.165) is 11.3 Å². The minimum absolute atomic E-state index is 0.158.